The summed E-state index contributed by atoms with van der Waals surface area (Å²) in [5, 5.41) is 7.22. The lowest BCUT2D eigenvalue weighted by Gasteiger charge is -2.00. The largest absolute Gasteiger partial charge is 0.263 e. The quantitative estimate of drug-likeness (QED) is 0.875. The van der Waals surface area contributed by atoms with E-state index in [2.05, 4.69) is 60.2 Å². The molecule has 0 aliphatic rings. The Morgan fingerprint density at radius 1 is 1.24 bits per heavy atom. The van der Waals surface area contributed by atoms with Gasteiger partial charge in [0.05, 0.1) is 0 Å². The predicted octanol–water partition coefficient (Wildman–Crippen LogP) is 3.02. The number of rotatable bonds is 4. The Kier molecular flexibility index (Phi) is 3.57. The van der Waals surface area contributed by atoms with Gasteiger partial charge in [-0.15, -0.1) is 0 Å². The maximum absolute atomic E-state index is 4.48. The van der Waals surface area contributed by atoms with E-state index in [0.29, 0.717) is 5.92 Å². The Bertz CT molecular complexity index is 486. The van der Waals surface area contributed by atoms with Crippen LogP contribution < -0.4 is 0 Å². The fraction of sp³-hybridized carbons (Fsp3) is 0.429. The molecule has 90 valence electrons. The smallest absolute Gasteiger partial charge is 0.153 e. The molecule has 17 heavy (non-hydrogen) atoms. The van der Waals surface area contributed by atoms with Gasteiger partial charge < -0.3 is 0 Å². The lowest BCUT2D eigenvalue weighted by molar-refractivity contribution is 0.780. The molecule has 0 bridgehead atoms. The van der Waals surface area contributed by atoms with Crippen LogP contribution in [-0.2, 0) is 12.8 Å². The molecule has 0 unspecified atom stereocenters. The first-order chi connectivity index (χ1) is 8.15. The van der Waals surface area contributed by atoms with E-state index < -0.39 is 0 Å². The van der Waals surface area contributed by atoms with Crippen LogP contribution in [0.1, 0.15) is 42.5 Å². The van der Waals surface area contributed by atoms with Gasteiger partial charge in [-0.05, 0) is 18.9 Å². The Hall–Kier alpha value is -1.64. The molecule has 2 aromatic rings. The highest BCUT2D eigenvalue weighted by Gasteiger charge is 2.06. The minimum absolute atomic E-state index is 0.388. The third-order valence-corrected chi connectivity index (χ3v) is 2.80. The predicted molar refractivity (Wildman–Crippen MR) is 69.1 cm³/mol. The van der Waals surface area contributed by atoms with Crippen LogP contribution in [0.5, 0.6) is 0 Å². The van der Waals surface area contributed by atoms with E-state index in [-0.39, 0.29) is 0 Å². The standard InChI is InChI=1S/C14H19N3/c1-10(2)14-15-13(16-17-14)8-7-12-6-4-5-11(3)9-12/h4-6,9-10H,7-8H2,1-3H3,(H,15,16,17). The summed E-state index contributed by atoms with van der Waals surface area (Å²) < 4.78 is 0. The summed E-state index contributed by atoms with van der Waals surface area (Å²) in [4.78, 5) is 4.48. The van der Waals surface area contributed by atoms with Crippen LogP contribution in [0, 0.1) is 6.92 Å². The van der Waals surface area contributed by atoms with Crippen LogP contribution >= 0.6 is 0 Å². The van der Waals surface area contributed by atoms with Gasteiger partial charge >= 0.3 is 0 Å². The maximum Gasteiger partial charge on any atom is 0.153 e. The van der Waals surface area contributed by atoms with E-state index >= 15 is 0 Å². The molecule has 1 N–H and O–H groups in total. The Labute approximate surface area is 102 Å². The van der Waals surface area contributed by atoms with E-state index in [0.717, 1.165) is 24.5 Å². The second-order valence-electron chi connectivity index (χ2n) is 4.78. The Morgan fingerprint density at radius 2 is 2.06 bits per heavy atom. The number of nitrogens with one attached hydrogen (secondary N) is 1. The molecule has 1 heterocycles. The first-order valence-electron chi connectivity index (χ1n) is 6.12. The second-order valence-corrected chi connectivity index (χ2v) is 4.78. The van der Waals surface area contributed by atoms with Crippen molar-refractivity contribution in [3.8, 4) is 0 Å². The van der Waals surface area contributed by atoms with Crippen molar-refractivity contribution in [1.82, 2.24) is 15.2 Å². The zero-order chi connectivity index (χ0) is 12.3. The zero-order valence-corrected chi connectivity index (χ0v) is 10.7. The molecule has 3 heteroatoms. The number of nitrogens with zero attached hydrogens (tertiary/aromatic N) is 2. The molecular weight excluding hydrogens is 210 g/mol. The molecule has 0 saturated carbocycles. The number of aromatic nitrogens is 3. The summed E-state index contributed by atoms with van der Waals surface area (Å²) in [6.07, 6.45) is 1.93. The van der Waals surface area contributed by atoms with E-state index in [1.165, 1.54) is 11.1 Å². The minimum atomic E-state index is 0.388. The van der Waals surface area contributed by atoms with Gasteiger partial charge in [-0.1, -0.05) is 43.7 Å². The lowest BCUT2D eigenvalue weighted by Crippen LogP contribution is -1.95. The van der Waals surface area contributed by atoms with Crippen molar-refractivity contribution in [3.05, 3.63) is 47.0 Å². The molecule has 3 nitrogen and oxygen atoms in total. The van der Waals surface area contributed by atoms with Crippen LogP contribution in [-0.4, -0.2) is 15.2 Å². The van der Waals surface area contributed by atoms with Crippen molar-refractivity contribution >= 4 is 0 Å². The zero-order valence-electron chi connectivity index (χ0n) is 10.7. The second kappa shape index (κ2) is 5.13. The number of benzene rings is 1. The van der Waals surface area contributed by atoms with Crippen molar-refractivity contribution in [2.45, 2.75) is 39.5 Å². The molecule has 0 amide bonds. The van der Waals surface area contributed by atoms with E-state index in [4.69, 9.17) is 0 Å². The first-order valence-corrected chi connectivity index (χ1v) is 6.12. The fourth-order valence-electron chi connectivity index (χ4n) is 1.81. The molecule has 0 aliphatic carbocycles. The normalized spacial score (nSPS) is 11.1. The number of H-pyrrole nitrogens is 1. The van der Waals surface area contributed by atoms with Gasteiger partial charge in [0.2, 0.25) is 0 Å². The van der Waals surface area contributed by atoms with Crippen LogP contribution in [0.25, 0.3) is 0 Å². The van der Waals surface area contributed by atoms with Gasteiger partial charge in [0.1, 0.15) is 5.82 Å². The SMILES string of the molecule is Cc1cccc(CCc2nc(C(C)C)n[nH]2)c1. The van der Waals surface area contributed by atoms with Crippen molar-refractivity contribution in [3.63, 3.8) is 0 Å². The molecule has 0 atom stereocenters. The van der Waals surface area contributed by atoms with E-state index in [1.807, 2.05) is 0 Å². The molecule has 0 fully saturated rings. The van der Waals surface area contributed by atoms with Gasteiger partial charge in [0.25, 0.3) is 0 Å². The average molecular weight is 229 g/mol. The van der Waals surface area contributed by atoms with Crippen molar-refractivity contribution < 1.29 is 0 Å². The summed E-state index contributed by atoms with van der Waals surface area (Å²) in [5.74, 6) is 2.28. The molecular formula is C14H19N3. The van der Waals surface area contributed by atoms with Gasteiger partial charge in [-0.25, -0.2) is 4.98 Å². The summed E-state index contributed by atoms with van der Waals surface area (Å²) in [5.41, 5.74) is 2.66. The summed E-state index contributed by atoms with van der Waals surface area (Å²) >= 11 is 0. The van der Waals surface area contributed by atoms with E-state index in [9.17, 15) is 0 Å². The number of aryl methyl sites for hydroxylation is 3. The van der Waals surface area contributed by atoms with Gasteiger partial charge in [0, 0.05) is 12.3 Å². The number of aromatic amines is 1. The molecule has 1 aromatic heterocycles. The highest BCUT2D eigenvalue weighted by atomic mass is 15.2. The summed E-state index contributed by atoms with van der Waals surface area (Å²) in [6, 6.07) is 8.60. The van der Waals surface area contributed by atoms with Crippen molar-refractivity contribution in [1.29, 1.82) is 0 Å². The van der Waals surface area contributed by atoms with Gasteiger partial charge in [-0.3, -0.25) is 5.10 Å². The molecule has 0 aliphatic heterocycles. The van der Waals surface area contributed by atoms with Crippen LogP contribution in [0.4, 0.5) is 0 Å². The van der Waals surface area contributed by atoms with Crippen LogP contribution in [0.3, 0.4) is 0 Å². The van der Waals surface area contributed by atoms with Crippen LogP contribution in [0.2, 0.25) is 0 Å². The molecule has 0 radical (unpaired) electrons. The number of hydrogen-bond acceptors (Lipinski definition) is 2. The van der Waals surface area contributed by atoms with Crippen molar-refractivity contribution in [2.24, 2.45) is 0 Å². The van der Waals surface area contributed by atoms with Gasteiger partial charge in [-0.2, -0.15) is 5.10 Å². The van der Waals surface area contributed by atoms with E-state index in [1.54, 1.807) is 0 Å². The highest BCUT2D eigenvalue weighted by Crippen LogP contribution is 2.10. The maximum atomic E-state index is 4.48. The summed E-state index contributed by atoms with van der Waals surface area (Å²) in [7, 11) is 0. The third kappa shape index (κ3) is 3.16. The lowest BCUT2D eigenvalue weighted by atomic mass is 10.1. The third-order valence-electron chi connectivity index (χ3n) is 2.80. The van der Waals surface area contributed by atoms with Crippen molar-refractivity contribution in [2.75, 3.05) is 0 Å². The Morgan fingerprint density at radius 3 is 2.71 bits per heavy atom. The average Bonchev–Trinajstić information content (AvgIpc) is 2.75. The fourth-order valence-corrected chi connectivity index (χ4v) is 1.81. The molecule has 0 saturated heterocycles. The molecule has 2 rings (SSSR count). The summed E-state index contributed by atoms with van der Waals surface area (Å²) in [6.45, 7) is 6.33. The Balaban J connectivity index is 1.97. The first kappa shape index (κ1) is 11.8. The molecule has 1 aromatic carbocycles. The number of hydrogen-bond donors (Lipinski definition) is 1. The minimum Gasteiger partial charge on any atom is -0.263 e. The molecule has 0 spiro atoms. The highest BCUT2D eigenvalue weighted by molar-refractivity contribution is 5.22. The topological polar surface area (TPSA) is 41.6 Å². The monoisotopic (exact) mass is 229 g/mol. The van der Waals surface area contributed by atoms with Gasteiger partial charge in [0.15, 0.2) is 5.82 Å². The van der Waals surface area contributed by atoms with Crippen LogP contribution in [0.15, 0.2) is 24.3 Å².